The van der Waals surface area contributed by atoms with Crippen molar-refractivity contribution < 1.29 is 0 Å². The number of anilines is 3. The highest BCUT2D eigenvalue weighted by atomic mass is 35.5. The summed E-state index contributed by atoms with van der Waals surface area (Å²) in [5, 5.41) is 10.3. The molecule has 1 aliphatic heterocycles. The van der Waals surface area contributed by atoms with Crippen molar-refractivity contribution in [1.82, 2.24) is 15.3 Å². The SMILES string of the molecule is NCCCNc1nc(Nc2ccc(C3CCNCC3)cc2)ncc1Cl. The first-order valence-corrected chi connectivity index (χ1v) is 9.18. The van der Waals surface area contributed by atoms with Crippen LogP contribution in [0.3, 0.4) is 0 Å². The zero-order valence-corrected chi connectivity index (χ0v) is 15.0. The van der Waals surface area contributed by atoms with Gasteiger partial charge in [-0.15, -0.1) is 0 Å². The first kappa shape index (κ1) is 17.9. The second-order valence-corrected chi connectivity index (χ2v) is 6.64. The minimum Gasteiger partial charge on any atom is -0.369 e. The second kappa shape index (κ2) is 8.99. The van der Waals surface area contributed by atoms with Gasteiger partial charge in [-0.25, -0.2) is 4.98 Å². The monoisotopic (exact) mass is 360 g/mol. The van der Waals surface area contributed by atoms with Crippen LogP contribution in [0.4, 0.5) is 17.5 Å². The summed E-state index contributed by atoms with van der Waals surface area (Å²) in [4.78, 5) is 8.68. The van der Waals surface area contributed by atoms with E-state index < -0.39 is 0 Å². The van der Waals surface area contributed by atoms with E-state index in [1.807, 2.05) is 0 Å². The van der Waals surface area contributed by atoms with Gasteiger partial charge in [-0.2, -0.15) is 4.98 Å². The topological polar surface area (TPSA) is 87.9 Å². The summed E-state index contributed by atoms with van der Waals surface area (Å²) in [5.74, 6) is 1.80. The minimum atomic E-state index is 0.504. The van der Waals surface area contributed by atoms with Crippen LogP contribution in [0.1, 0.15) is 30.7 Å². The van der Waals surface area contributed by atoms with Crippen LogP contribution in [0.15, 0.2) is 30.5 Å². The van der Waals surface area contributed by atoms with E-state index in [-0.39, 0.29) is 0 Å². The van der Waals surface area contributed by atoms with Crippen molar-refractivity contribution in [1.29, 1.82) is 0 Å². The average Bonchev–Trinajstić information content (AvgIpc) is 2.66. The standard InChI is InChI=1S/C18H25ClN6/c19-16-12-23-18(25-17(16)22-9-1-8-20)24-15-4-2-13(3-5-15)14-6-10-21-11-7-14/h2-5,12,14,21H,1,6-11,20H2,(H2,22,23,24,25). The van der Waals surface area contributed by atoms with Gasteiger partial charge in [0.05, 0.1) is 6.20 Å². The smallest absolute Gasteiger partial charge is 0.229 e. The zero-order chi connectivity index (χ0) is 17.5. The number of halogens is 1. The summed E-state index contributed by atoms with van der Waals surface area (Å²) in [7, 11) is 0. The third kappa shape index (κ3) is 5.04. The number of nitrogens with zero attached hydrogens (tertiary/aromatic N) is 2. The molecule has 0 aliphatic carbocycles. The van der Waals surface area contributed by atoms with Crippen LogP contribution < -0.4 is 21.7 Å². The Morgan fingerprint density at radius 2 is 1.96 bits per heavy atom. The predicted octanol–water partition coefficient (Wildman–Crippen LogP) is 3.10. The highest BCUT2D eigenvalue weighted by molar-refractivity contribution is 6.32. The third-order valence-corrected chi connectivity index (χ3v) is 4.67. The molecular formula is C18H25ClN6. The van der Waals surface area contributed by atoms with Gasteiger partial charge in [0.15, 0.2) is 0 Å². The first-order valence-electron chi connectivity index (χ1n) is 8.80. The Morgan fingerprint density at radius 1 is 1.20 bits per heavy atom. The lowest BCUT2D eigenvalue weighted by molar-refractivity contribution is 0.460. The zero-order valence-electron chi connectivity index (χ0n) is 14.3. The van der Waals surface area contributed by atoms with Crippen molar-refractivity contribution in [2.75, 3.05) is 36.8 Å². The summed E-state index contributed by atoms with van der Waals surface area (Å²) in [5.41, 5.74) is 7.87. The summed E-state index contributed by atoms with van der Waals surface area (Å²) in [6.45, 7) is 3.56. The lowest BCUT2D eigenvalue weighted by Gasteiger charge is -2.23. The van der Waals surface area contributed by atoms with E-state index in [2.05, 4.69) is 50.2 Å². The molecule has 25 heavy (non-hydrogen) atoms. The van der Waals surface area contributed by atoms with Crippen molar-refractivity contribution >= 4 is 29.1 Å². The molecule has 5 N–H and O–H groups in total. The van der Waals surface area contributed by atoms with Crippen molar-refractivity contribution in [2.24, 2.45) is 5.73 Å². The summed E-state index contributed by atoms with van der Waals surface area (Å²) in [6.07, 6.45) is 4.86. The summed E-state index contributed by atoms with van der Waals surface area (Å²) < 4.78 is 0. The molecule has 0 amide bonds. The fourth-order valence-electron chi connectivity index (χ4n) is 2.98. The highest BCUT2D eigenvalue weighted by Crippen LogP contribution is 2.27. The molecule has 1 aromatic heterocycles. The molecule has 2 aromatic rings. The molecule has 1 aromatic carbocycles. The molecule has 3 rings (SSSR count). The van der Waals surface area contributed by atoms with E-state index in [1.165, 1.54) is 18.4 Å². The number of piperidine rings is 1. The van der Waals surface area contributed by atoms with Gasteiger partial charge in [0.1, 0.15) is 10.8 Å². The Hall–Kier alpha value is -1.89. The molecule has 6 nitrogen and oxygen atoms in total. The summed E-state index contributed by atoms with van der Waals surface area (Å²) >= 11 is 6.13. The molecule has 1 saturated heterocycles. The molecule has 0 bridgehead atoms. The second-order valence-electron chi connectivity index (χ2n) is 6.23. The number of nitrogens with one attached hydrogen (secondary N) is 3. The molecule has 0 atom stereocenters. The average molecular weight is 361 g/mol. The van der Waals surface area contributed by atoms with Gasteiger partial charge in [-0.1, -0.05) is 23.7 Å². The fraction of sp³-hybridized carbons (Fsp3) is 0.444. The van der Waals surface area contributed by atoms with Crippen LogP contribution in [-0.4, -0.2) is 36.1 Å². The Labute approximate surface area is 153 Å². The maximum Gasteiger partial charge on any atom is 0.229 e. The molecule has 1 fully saturated rings. The number of nitrogens with two attached hydrogens (primary N) is 1. The quantitative estimate of drug-likeness (QED) is 0.567. The van der Waals surface area contributed by atoms with Gasteiger partial charge >= 0.3 is 0 Å². The van der Waals surface area contributed by atoms with Crippen LogP contribution in [0, 0.1) is 0 Å². The Bertz CT molecular complexity index is 670. The largest absolute Gasteiger partial charge is 0.369 e. The van der Waals surface area contributed by atoms with Crippen LogP contribution in [0.2, 0.25) is 5.02 Å². The minimum absolute atomic E-state index is 0.504. The number of benzene rings is 1. The molecule has 0 saturated carbocycles. The Kier molecular flexibility index (Phi) is 6.44. The van der Waals surface area contributed by atoms with Crippen molar-refractivity contribution in [2.45, 2.75) is 25.2 Å². The van der Waals surface area contributed by atoms with Gasteiger partial charge < -0.3 is 21.7 Å². The lowest BCUT2D eigenvalue weighted by atomic mass is 9.90. The first-order chi connectivity index (χ1) is 12.3. The number of hydrogen-bond donors (Lipinski definition) is 4. The van der Waals surface area contributed by atoms with E-state index in [0.717, 1.165) is 31.7 Å². The third-order valence-electron chi connectivity index (χ3n) is 4.39. The molecule has 2 heterocycles. The van der Waals surface area contributed by atoms with Gasteiger partial charge in [0.25, 0.3) is 0 Å². The number of rotatable bonds is 7. The lowest BCUT2D eigenvalue weighted by Crippen LogP contribution is -2.26. The fourth-order valence-corrected chi connectivity index (χ4v) is 3.14. The molecule has 0 unspecified atom stereocenters. The Balaban J connectivity index is 1.64. The summed E-state index contributed by atoms with van der Waals surface area (Å²) in [6, 6.07) is 8.54. The molecule has 0 radical (unpaired) electrons. The van der Waals surface area contributed by atoms with Crippen LogP contribution in [0.25, 0.3) is 0 Å². The normalized spacial score (nSPS) is 15.1. The van der Waals surface area contributed by atoms with Gasteiger partial charge in [0.2, 0.25) is 5.95 Å². The van der Waals surface area contributed by atoms with E-state index in [4.69, 9.17) is 17.3 Å². The predicted molar refractivity (Wildman–Crippen MR) is 104 cm³/mol. The molecule has 0 spiro atoms. The number of aromatic nitrogens is 2. The van der Waals surface area contributed by atoms with E-state index in [9.17, 15) is 0 Å². The molecule has 7 heteroatoms. The van der Waals surface area contributed by atoms with E-state index in [1.54, 1.807) is 6.20 Å². The van der Waals surface area contributed by atoms with Crippen LogP contribution in [-0.2, 0) is 0 Å². The van der Waals surface area contributed by atoms with Crippen molar-refractivity contribution in [3.05, 3.63) is 41.0 Å². The molecular weight excluding hydrogens is 336 g/mol. The van der Waals surface area contributed by atoms with E-state index >= 15 is 0 Å². The van der Waals surface area contributed by atoms with Crippen LogP contribution in [0.5, 0.6) is 0 Å². The van der Waals surface area contributed by atoms with Crippen molar-refractivity contribution in [3.8, 4) is 0 Å². The van der Waals surface area contributed by atoms with Gasteiger partial charge in [-0.05, 0) is 62.5 Å². The van der Waals surface area contributed by atoms with E-state index in [0.29, 0.717) is 29.3 Å². The maximum atomic E-state index is 6.13. The highest BCUT2D eigenvalue weighted by Gasteiger charge is 2.14. The number of hydrogen-bond acceptors (Lipinski definition) is 6. The molecule has 134 valence electrons. The maximum absolute atomic E-state index is 6.13. The van der Waals surface area contributed by atoms with Crippen molar-refractivity contribution in [3.63, 3.8) is 0 Å². The van der Waals surface area contributed by atoms with Crippen LogP contribution >= 0.6 is 11.6 Å². The van der Waals surface area contributed by atoms with Gasteiger partial charge in [0, 0.05) is 12.2 Å². The Morgan fingerprint density at radius 3 is 2.68 bits per heavy atom. The molecule has 1 aliphatic rings. The van der Waals surface area contributed by atoms with Gasteiger partial charge in [-0.3, -0.25) is 0 Å².